The van der Waals surface area contributed by atoms with Gasteiger partial charge in [0, 0.05) is 0 Å². The number of hydrogen-bond acceptors (Lipinski definition) is 2. The van der Waals surface area contributed by atoms with Crippen molar-refractivity contribution in [3.05, 3.63) is 72.4 Å². The number of thioether (sulfide) groups is 1. The minimum Gasteiger partial charge on any atom is -1.00 e. The van der Waals surface area contributed by atoms with Gasteiger partial charge in [0.2, 0.25) is 4.32 Å². The lowest BCUT2D eigenvalue weighted by Gasteiger charge is -2.24. The van der Waals surface area contributed by atoms with Crippen LogP contribution >= 0.6 is 24.0 Å². The fraction of sp³-hybridized carbons (Fsp3) is 0.0625. The molecule has 0 saturated heterocycles. The normalized spacial score (nSPS) is 21.2. The number of nitrogens with zero attached hydrogens (tertiary/aromatic N) is 1. The van der Waals surface area contributed by atoms with Gasteiger partial charge in [-0.15, -0.1) is 0 Å². The molecule has 0 radical (unpaired) electrons. The van der Waals surface area contributed by atoms with E-state index in [1.54, 1.807) is 11.8 Å². The Morgan fingerprint density at radius 3 is 2.05 bits per heavy atom. The maximum atomic E-state index is 5.60. The van der Waals surface area contributed by atoms with Gasteiger partial charge in [0.1, 0.15) is 11.9 Å². The topological polar surface area (TPSA) is 0 Å². The molecule has 1 nitrogen and oxygen atoms in total. The number of para-hydroxylation sites is 1. The average Bonchev–Trinajstić information content (AvgIpc) is 2.78. The highest BCUT2D eigenvalue weighted by Crippen LogP contribution is 2.42. The van der Waals surface area contributed by atoms with Gasteiger partial charge < -0.3 is 24.0 Å². The summed E-state index contributed by atoms with van der Waals surface area (Å²) in [5, 5.41) is 0. The van der Waals surface area contributed by atoms with Crippen molar-refractivity contribution in [1.82, 2.24) is 4.48 Å². The maximum Gasteiger partial charge on any atom is 0.248 e. The first kappa shape index (κ1) is 15.7. The van der Waals surface area contributed by atoms with Crippen molar-refractivity contribution in [3.63, 3.8) is 0 Å². The van der Waals surface area contributed by atoms with E-state index < -0.39 is 0 Å². The molecule has 0 bridgehead atoms. The van der Waals surface area contributed by atoms with E-state index in [1.165, 1.54) is 16.2 Å². The molecule has 0 aliphatic carbocycles. The molecule has 1 aliphatic heterocycles. The molecule has 1 atom stereocenters. The molecule has 0 saturated carbocycles. The fourth-order valence-electron chi connectivity index (χ4n) is 2.16. The largest absolute Gasteiger partial charge is 1.00 e. The Morgan fingerprint density at radius 1 is 0.900 bits per heavy atom. The Balaban J connectivity index is 0.00000147. The van der Waals surface area contributed by atoms with Crippen LogP contribution in [0.15, 0.2) is 66.9 Å². The monoisotopic (exact) mass is 411 g/mol. The van der Waals surface area contributed by atoms with E-state index in [0.717, 1.165) is 4.32 Å². The molecule has 3 rings (SSSR count). The molecule has 1 heterocycles. The Hall–Kier alpha value is -0.690. The molecule has 0 spiro atoms. The third-order valence-corrected chi connectivity index (χ3v) is 5.05. The van der Waals surface area contributed by atoms with E-state index in [9.17, 15) is 0 Å². The molecule has 102 valence electrons. The number of halogens is 1. The molecule has 0 aromatic heterocycles. The average molecular weight is 411 g/mol. The molecule has 20 heavy (non-hydrogen) atoms. The number of quaternary nitrogens is 1. The van der Waals surface area contributed by atoms with Gasteiger partial charge >= 0.3 is 0 Å². The third kappa shape index (κ3) is 2.83. The molecular weight excluding hydrogens is 397 g/mol. The molecule has 1 aliphatic rings. The number of hydrogen-bond donors (Lipinski definition) is 0. The third-order valence-electron chi connectivity index (χ3n) is 3.30. The molecule has 0 fully saturated rings. The van der Waals surface area contributed by atoms with E-state index in [1.807, 2.05) is 12.1 Å². The van der Waals surface area contributed by atoms with Gasteiger partial charge in [0.05, 0.1) is 12.0 Å². The number of rotatable bonds is 2. The first-order valence-corrected chi connectivity index (χ1v) is 7.35. The minimum absolute atomic E-state index is 0. The summed E-state index contributed by atoms with van der Waals surface area (Å²) in [6.07, 6.45) is 2.23. The SMILES string of the molecule is C[N+]1(c2ccccc2)C=C(c2ccccc2)SC1=S.[I-]. The summed E-state index contributed by atoms with van der Waals surface area (Å²) in [6.45, 7) is 0. The molecule has 0 N–H and O–H groups in total. The van der Waals surface area contributed by atoms with Crippen LogP contribution < -0.4 is 28.5 Å². The van der Waals surface area contributed by atoms with Crippen LogP contribution in [0, 0.1) is 0 Å². The van der Waals surface area contributed by atoms with Gasteiger partial charge in [-0.2, -0.15) is 0 Å². The van der Waals surface area contributed by atoms with Gasteiger partial charge in [-0.05, 0) is 41.7 Å². The van der Waals surface area contributed by atoms with Crippen LogP contribution in [0.2, 0.25) is 0 Å². The second kappa shape index (κ2) is 6.39. The highest BCUT2D eigenvalue weighted by Gasteiger charge is 2.37. The van der Waals surface area contributed by atoms with Crippen LogP contribution in [0.3, 0.4) is 0 Å². The van der Waals surface area contributed by atoms with Crippen molar-refractivity contribution in [2.75, 3.05) is 7.05 Å². The van der Waals surface area contributed by atoms with Gasteiger partial charge in [0.25, 0.3) is 0 Å². The second-order valence-corrected chi connectivity index (χ2v) is 6.31. The van der Waals surface area contributed by atoms with E-state index in [-0.39, 0.29) is 24.0 Å². The van der Waals surface area contributed by atoms with Crippen molar-refractivity contribution in [2.45, 2.75) is 0 Å². The van der Waals surface area contributed by atoms with Crippen molar-refractivity contribution in [2.24, 2.45) is 0 Å². The lowest BCUT2D eigenvalue weighted by Crippen LogP contribution is -3.00. The summed E-state index contributed by atoms with van der Waals surface area (Å²) in [5.41, 5.74) is 2.43. The van der Waals surface area contributed by atoms with Gasteiger partial charge in [0.15, 0.2) is 0 Å². The predicted molar refractivity (Wildman–Crippen MR) is 88.8 cm³/mol. The fourth-order valence-corrected chi connectivity index (χ4v) is 3.64. The van der Waals surface area contributed by atoms with Gasteiger partial charge in [-0.1, -0.05) is 48.5 Å². The highest BCUT2D eigenvalue weighted by molar-refractivity contribution is 8.29. The van der Waals surface area contributed by atoms with Crippen LogP contribution in [0.1, 0.15) is 5.56 Å². The second-order valence-electron chi connectivity index (χ2n) is 4.64. The molecule has 2 aromatic rings. The minimum atomic E-state index is 0. The smallest absolute Gasteiger partial charge is 0.248 e. The lowest BCUT2D eigenvalue weighted by molar-refractivity contribution is -0.00000347. The van der Waals surface area contributed by atoms with E-state index >= 15 is 0 Å². The Labute approximate surface area is 146 Å². The zero-order valence-corrected chi connectivity index (χ0v) is 14.8. The van der Waals surface area contributed by atoms with Crippen LogP contribution in [-0.2, 0) is 0 Å². The Morgan fingerprint density at radius 2 is 1.45 bits per heavy atom. The zero-order valence-electron chi connectivity index (χ0n) is 11.0. The predicted octanol–water partition coefficient (Wildman–Crippen LogP) is 1.66. The van der Waals surface area contributed by atoms with E-state index in [2.05, 4.69) is 61.8 Å². The van der Waals surface area contributed by atoms with Gasteiger partial charge in [-0.25, -0.2) is 4.48 Å². The van der Waals surface area contributed by atoms with Gasteiger partial charge in [-0.3, -0.25) is 0 Å². The van der Waals surface area contributed by atoms with Crippen molar-refractivity contribution >= 4 is 38.9 Å². The summed E-state index contributed by atoms with van der Waals surface area (Å²) in [6, 6.07) is 20.8. The number of benzene rings is 2. The van der Waals surface area contributed by atoms with Crippen LogP contribution in [0.25, 0.3) is 4.91 Å². The maximum absolute atomic E-state index is 5.60. The van der Waals surface area contributed by atoms with Crippen molar-refractivity contribution in [1.29, 1.82) is 0 Å². The highest BCUT2D eigenvalue weighted by atomic mass is 127. The van der Waals surface area contributed by atoms with Crippen LogP contribution in [0.5, 0.6) is 0 Å². The summed E-state index contributed by atoms with van der Waals surface area (Å²) in [5.74, 6) is 0. The lowest BCUT2D eigenvalue weighted by atomic mass is 10.2. The van der Waals surface area contributed by atoms with Crippen LogP contribution in [-0.4, -0.2) is 11.4 Å². The standard InChI is InChI=1S/C16H14NS2.HI/c1-17(14-10-6-3-7-11-14)12-15(19-16(17)18)13-8-4-2-5-9-13;/h2-12H,1H3;1H/q+1;/p-1. The first-order chi connectivity index (χ1) is 9.20. The van der Waals surface area contributed by atoms with Crippen LogP contribution in [0.4, 0.5) is 5.69 Å². The Bertz CT molecular complexity index is 640. The Kier molecular flexibility index (Phi) is 5.01. The first-order valence-electron chi connectivity index (χ1n) is 6.13. The summed E-state index contributed by atoms with van der Waals surface area (Å²) in [7, 11) is 2.14. The molecule has 2 aromatic carbocycles. The molecule has 1 unspecified atom stereocenters. The molecule has 0 amide bonds. The summed E-state index contributed by atoms with van der Waals surface area (Å²) in [4.78, 5) is 1.23. The molecular formula is C16H14INS2. The molecule has 4 heteroatoms. The van der Waals surface area contributed by atoms with E-state index in [0.29, 0.717) is 4.48 Å². The summed E-state index contributed by atoms with van der Waals surface area (Å²) >= 11 is 7.28. The van der Waals surface area contributed by atoms with Crippen molar-refractivity contribution in [3.8, 4) is 0 Å². The number of thiocarbonyl (C=S) groups is 1. The summed E-state index contributed by atoms with van der Waals surface area (Å²) < 4.78 is 1.55. The van der Waals surface area contributed by atoms with Crippen molar-refractivity contribution < 1.29 is 24.0 Å². The zero-order chi connectivity index (χ0) is 13.3. The van der Waals surface area contributed by atoms with E-state index in [4.69, 9.17) is 12.2 Å². The quantitative estimate of drug-likeness (QED) is 0.419.